The van der Waals surface area contributed by atoms with Crippen molar-refractivity contribution >= 4 is 16.7 Å². The Bertz CT molecular complexity index is 1280. The molecule has 2 N–H and O–H groups in total. The summed E-state index contributed by atoms with van der Waals surface area (Å²) in [5, 5.41) is 12.9. The van der Waals surface area contributed by atoms with Gasteiger partial charge >= 0.3 is 6.18 Å². The summed E-state index contributed by atoms with van der Waals surface area (Å²) in [4.78, 5) is 15.4. The van der Waals surface area contributed by atoms with E-state index in [1.165, 1.54) is 18.5 Å². The molecule has 0 aliphatic carbocycles. The Morgan fingerprint density at radius 2 is 1.71 bits per heavy atom. The van der Waals surface area contributed by atoms with E-state index in [1.54, 1.807) is 31.2 Å². The number of hydrogen-bond acceptors (Lipinski definition) is 7. The van der Waals surface area contributed by atoms with Gasteiger partial charge in [-0.05, 0) is 42.3 Å². The Kier molecular flexibility index (Phi) is 6.55. The van der Waals surface area contributed by atoms with Gasteiger partial charge in [-0.3, -0.25) is 0 Å². The first kappa shape index (κ1) is 23.3. The maximum Gasteiger partial charge on any atom is 0.451 e. The van der Waals surface area contributed by atoms with Crippen molar-refractivity contribution in [1.82, 2.24) is 19.9 Å². The van der Waals surface area contributed by atoms with Crippen molar-refractivity contribution in [2.45, 2.75) is 19.1 Å². The van der Waals surface area contributed by atoms with Crippen molar-refractivity contribution in [3.05, 3.63) is 72.3 Å². The fraction of sp³-hybridized carbons (Fsp3) is 0.217. The summed E-state index contributed by atoms with van der Waals surface area (Å²) < 4.78 is 57.4. The molecule has 4 aromatic rings. The lowest BCUT2D eigenvalue weighted by molar-refractivity contribution is -0.145. The molecule has 4 rings (SSSR count). The highest BCUT2D eigenvalue weighted by atomic mass is 19.4. The third-order valence-corrected chi connectivity index (χ3v) is 5.01. The molecule has 2 heterocycles. The minimum absolute atomic E-state index is 0.0357. The highest BCUT2D eigenvalue weighted by molar-refractivity contribution is 5.96. The molecule has 7 nitrogen and oxygen atoms in total. The number of nitrogens with zero attached hydrogens (tertiary/aromatic N) is 4. The van der Waals surface area contributed by atoms with Crippen molar-refractivity contribution in [2.75, 3.05) is 18.5 Å². The Balaban J connectivity index is 1.73. The Hall–Kier alpha value is -3.86. The standard InChI is InChI=1S/C23H19F4N5O2/c1-13(16-10-28-22(29-11-16)23(25,26)27)32-21-18-8-15(14-2-4-17(24)5-3-14)9-19(34-7-6-33)20(18)30-12-31-21/h2-5,8-13,33H,6-7H2,1H3,(H,30,31,32)/t13-/m1/s1. The molecule has 0 amide bonds. The van der Waals surface area contributed by atoms with E-state index in [9.17, 15) is 22.7 Å². The molecule has 0 saturated heterocycles. The number of ether oxygens (including phenoxy) is 1. The van der Waals surface area contributed by atoms with E-state index in [0.717, 1.165) is 18.0 Å². The monoisotopic (exact) mass is 473 g/mol. The van der Waals surface area contributed by atoms with E-state index in [-0.39, 0.29) is 19.0 Å². The second-order valence-electron chi connectivity index (χ2n) is 7.38. The Morgan fingerprint density at radius 3 is 2.35 bits per heavy atom. The first-order valence-electron chi connectivity index (χ1n) is 10.2. The van der Waals surface area contributed by atoms with Gasteiger partial charge in [-0.25, -0.2) is 24.3 Å². The first-order valence-corrected chi connectivity index (χ1v) is 10.2. The molecule has 176 valence electrons. The molecule has 0 saturated carbocycles. The van der Waals surface area contributed by atoms with E-state index in [4.69, 9.17) is 4.74 Å². The molecule has 0 aliphatic heterocycles. The van der Waals surface area contributed by atoms with Crippen molar-refractivity contribution in [3.8, 4) is 16.9 Å². The van der Waals surface area contributed by atoms with Crippen LogP contribution in [0.2, 0.25) is 0 Å². The minimum atomic E-state index is -4.63. The fourth-order valence-electron chi connectivity index (χ4n) is 3.32. The zero-order valence-corrected chi connectivity index (χ0v) is 17.8. The molecule has 11 heteroatoms. The molecule has 0 aliphatic rings. The van der Waals surface area contributed by atoms with Crippen LogP contribution in [-0.4, -0.2) is 38.3 Å². The van der Waals surface area contributed by atoms with Gasteiger partial charge in [0.25, 0.3) is 0 Å². The van der Waals surface area contributed by atoms with E-state index in [0.29, 0.717) is 33.6 Å². The van der Waals surface area contributed by atoms with Gasteiger partial charge in [-0.1, -0.05) is 12.1 Å². The highest BCUT2D eigenvalue weighted by Gasteiger charge is 2.34. The van der Waals surface area contributed by atoms with Gasteiger partial charge in [0.05, 0.1) is 12.6 Å². The van der Waals surface area contributed by atoms with Crippen molar-refractivity contribution in [2.24, 2.45) is 0 Å². The van der Waals surface area contributed by atoms with E-state index < -0.39 is 18.0 Å². The van der Waals surface area contributed by atoms with Crippen LogP contribution >= 0.6 is 0 Å². The van der Waals surface area contributed by atoms with Crippen LogP contribution in [-0.2, 0) is 6.18 Å². The average molecular weight is 473 g/mol. The molecule has 0 unspecified atom stereocenters. The van der Waals surface area contributed by atoms with Crippen LogP contribution in [0, 0.1) is 5.82 Å². The van der Waals surface area contributed by atoms with Crippen LogP contribution < -0.4 is 10.1 Å². The molecule has 0 bridgehead atoms. The van der Waals surface area contributed by atoms with Crippen LogP contribution in [0.5, 0.6) is 5.75 Å². The Morgan fingerprint density at radius 1 is 1.00 bits per heavy atom. The van der Waals surface area contributed by atoms with Gasteiger partial charge in [-0.15, -0.1) is 0 Å². The summed E-state index contributed by atoms with van der Waals surface area (Å²) in [6.45, 7) is 1.56. The smallest absolute Gasteiger partial charge is 0.451 e. The molecule has 2 aromatic heterocycles. The molecule has 0 radical (unpaired) electrons. The highest BCUT2D eigenvalue weighted by Crippen LogP contribution is 2.35. The molecule has 0 spiro atoms. The minimum Gasteiger partial charge on any atom is -0.489 e. The second-order valence-corrected chi connectivity index (χ2v) is 7.38. The molecular weight excluding hydrogens is 454 g/mol. The third-order valence-electron chi connectivity index (χ3n) is 5.01. The van der Waals surface area contributed by atoms with Gasteiger partial charge in [0.15, 0.2) is 0 Å². The summed E-state index contributed by atoms with van der Waals surface area (Å²) in [6, 6.07) is 8.94. The largest absolute Gasteiger partial charge is 0.489 e. The van der Waals surface area contributed by atoms with E-state index in [2.05, 4.69) is 25.3 Å². The van der Waals surface area contributed by atoms with Crippen molar-refractivity contribution in [1.29, 1.82) is 0 Å². The molecule has 0 fully saturated rings. The lowest BCUT2D eigenvalue weighted by Crippen LogP contribution is -2.14. The molecule has 2 aromatic carbocycles. The van der Waals surface area contributed by atoms with E-state index in [1.807, 2.05) is 0 Å². The number of fused-ring (bicyclic) bond motifs is 1. The summed E-state index contributed by atoms with van der Waals surface area (Å²) in [5.41, 5.74) is 2.30. The number of aromatic nitrogens is 4. The maximum atomic E-state index is 13.4. The first-order chi connectivity index (χ1) is 16.3. The van der Waals surface area contributed by atoms with Crippen molar-refractivity contribution in [3.63, 3.8) is 0 Å². The number of halogens is 4. The number of benzene rings is 2. The summed E-state index contributed by atoms with van der Waals surface area (Å²) in [5.74, 6) is -0.804. The van der Waals surface area contributed by atoms with Gasteiger partial charge in [0.2, 0.25) is 5.82 Å². The summed E-state index contributed by atoms with van der Waals surface area (Å²) in [7, 11) is 0. The lowest BCUT2D eigenvalue weighted by atomic mass is 10.0. The predicted molar refractivity (Wildman–Crippen MR) is 117 cm³/mol. The Labute approximate surface area is 191 Å². The second kappa shape index (κ2) is 9.56. The number of rotatable bonds is 7. The number of aliphatic hydroxyl groups is 1. The summed E-state index contributed by atoms with van der Waals surface area (Å²) in [6.07, 6.45) is -1.09. The van der Waals surface area contributed by atoms with E-state index >= 15 is 0 Å². The number of hydrogen-bond donors (Lipinski definition) is 2. The average Bonchev–Trinajstić information content (AvgIpc) is 2.82. The van der Waals surface area contributed by atoms with Crippen LogP contribution in [0.15, 0.2) is 55.1 Å². The molecule has 34 heavy (non-hydrogen) atoms. The zero-order valence-electron chi connectivity index (χ0n) is 17.8. The fourth-order valence-corrected chi connectivity index (χ4v) is 3.32. The number of alkyl halides is 3. The normalized spacial score (nSPS) is 12.5. The van der Waals surface area contributed by atoms with Crippen LogP contribution in [0.3, 0.4) is 0 Å². The lowest BCUT2D eigenvalue weighted by Gasteiger charge is -2.18. The SMILES string of the molecule is C[C@@H](Nc1ncnc2c(OCCO)cc(-c3ccc(F)cc3)cc12)c1cnc(C(F)(F)F)nc1. The molecule has 1 atom stereocenters. The molecular formula is C23H19F4N5O2. The van der Waals surface area contributed by atoms with Crippen LogP contribution in [0.25, 0.3) is 22.0 Å². The predicted octanol–water partition coefficient (Wildman–Crippen LogP) is 4.79. The number of anilines is 1. The van der Waals surface area contributed by atoms with Gasteiger partial charge in [0.1, 0.15) is 35.8 Å². The topological polar surface area (TPSA) is 93.1 Å². The number of nitrogens with one attached hydrogen (secondary N) is 1. The summed E-state index contributed by atoms with van der Waals surface area (Å²) >= 11 is 0. The van der Waals surface area contributed by atoms with Crippen molar-refractivity contribution < 1.29 is 27.4 Å². The van der Waals surface area contributed by atoms with Gasteiger partial charge < -0.3 is 15.2 Å². The number of aliphatic hydroxyl groups excluding tert-OH is 1. The van der Waals surface area contributed by atoms with Crippen LogP contribution in [0.4, 0.5) is 23.4 Å². The maximum absolute atomic E-state index is 13.4. The van der Waals surface area contributed by atoms with Crippen LogP contribution in [0.1, 0.15) is 24.4 Å². The zero-order chi connectivity index (χ0) is 24.3. The quantitative estimate of drug-likeness (QED) is 0.373. The van der Waals surface area contributed by atoms with Gasteiger partial charge in [-0.2, -0.15) is 13.2 Å². The van der Waals surface area contributed by atoms with Gasteiger partial charge in [0, 0.05) is 23.3 Å². The third kappa shape index (κ3) is 5.04.